The summed E-state index contributed by atoms with van der Waals surface area (Å²) in [6.07, 6.45) is 4.48. The second-order valence-electron chi connectivity index (χ2n) is 3.65. The van der Waals surface area contributed by atoms with Gasteiger partial charge in [0.2, 0.25) is 0 Å². The number of aromatic nitrogens is 1. The first-order chi connectivity index (χ1) is 8.24. The van der Waals surface area contributed by atoms with E-state index in [1.807, 2.05) is 0 Å². The second-order valence-corrected chi connectivity index (χ2v) is 3.65. The SMILES string of the molecule is CCCOCCCNC(=O)c1cncc(O)c1. The number of ether oxygens (including phenoxy) is 1. The number of hydrogen-bond donors (Lipinski definition) is 2. The average Bonchev–Trinajstić information content (AvgIpc) is 2.33. The molecule has 0 bridgehead atoms. The van der Waals surface area contributed by atoms with E-state index in [1.165, 1.54) is 18.5 Å². The Bertz CT molecular complexity index is 355. The molecule has 0 radical (unpaired) electrons. The van der Waals surface area contributed by atoms with Gasteiger partial charge in [0.25, 0.3) is 5.91 Å². The Balaban J connectivity index is 2.21. The fourth-order valence-electron chi connectivity index (χ4n) is 1.28. The molecule has 2 N–H and O–H groups in total. The van der Waals surface area contributed by atoms with Crippen molar-refractivity contribution in [3.63, 3.8) is 0 Å². The predicted molar refractivity (Wildman–Crippen MR) is 64.0 cm³/mol. The van der Waals surface area contributed by atoms with Gasteiger partial charge in [0.1, 0.15) is 5.75 Å². The summed E-state index contributed by atoms with van der Waals surface area (Å²) in [6.45, 7) is 4.01. The van der Waals surface area contributed by atoms with Crippen LogP contribution in [0.3, 0.4) is 0 Å². The number of carbonyl (C=O) groups is 1. The molecule has 17 heavy (non-hydrogen) atoms. The highest BCUT2D eigenvalue weighted by atomic mass is 16.5. The Labute approximate surface area is 101 Å². The van der Waals surface area contributed by atoms with Crippen molar-refractivity contribution in [2.45, 2.75) is 19.8 Å². The molecule has 0 aromatic carbocycles. The lowest BCUT2D eigenvalue weighted by atomic mass is 10.2. The topological polar surface area (TPSA) is 71.5 Å². The highest BCUT2D eigenvalue weighted by Gasteiger charge is 2.05. The van der Waals surface area contributed by atoms with E-state index in [2.05, 4.69) is 17.2 Å². The Morgan fingerprint density at radius 1 is 1.47 bits per heavy atom. The molecule has 94 valence electrons. The standard InChI is InChI=1S/C12H18N2O3/c1-2-5-17-6-3-4-14-12(16)10-7-11(15)9-13-8-10/h7-9,15H,2-6H2,1H3,(H,14,16). The maximum absolute atomic E-state index is 11.6. The molecule has 0 unspecified atom stereocenters. The van der Waals surface area contributed by atoms with Crippen molar-refractivity contribution in [1.29, 1.82) is 0 Å². The highest BCUT2D eigenvalue weighted by Crippen LogP contribution is 2.07. The molecule has 0 aliphatic carbocycles. The third-order valence-corrected chi connectivity index (χ3v) is 2.09. The molecule has 1 aromatic heterocycles. The minimum absolute atomic E-state index is 0.0103. The first-order valence-electron chi connectivity index (χ1n) is 5.74. The first-order valence-corrected chi connectivity index (χ1v) is 5.74. The molecule has 1 amide bonds. The molecule has 1 heterocycles. The molecule has 0 aliphatic heterocycles. The monoisotopic (exact) mass is 238 g/mol. The smallest absolute Gasteiger partial charge is 0.252 e. The van der Waals surface area contributed by atoms with Gasteiger partial charge in [-0.1, -0.05) is 6.92 Å². The number of carbonyl (C=O) groups excluding carboxylic acids is 1. The van der Waals surface area contributed by atoms with E-state index in [4.69, 9.17) is 9.84 Å². The quantitative estimate of drug-likeness (QED) is 0.703. The lowest BCUT2D eigenvalue weighted by molar-refractivity contribution is 0.0940. The van der Waals surface area contributed by atoms with Crippen LogP contribution in [-0.2, 0) is 4.74 Å². The van der Waals surface area contributed by atoms with Gasteiger partial charge >= 0.3 is 0 Å². The van der Waals surface area contributed by atoms with Crippen LogP contribution in [0, 0.1) is 0 Å². The van der Waals surface area contributed by atoms with Gasteiger partial charge in [-0.05, 0) is 18.9 Å². The van der Waals surface area contributed by atoms with Crippen LogP contribution in [0.15, 0.2) is 18.5 Å². The van der Waals surface area contributed by atoms with Gasteiger partial charge in [-0.15, -0.1) is 0 Å². The maximum Gasteiger partial charge on any atom is 0.252 e. The van der Waals surface area contributed by atoms with E-state index in [1.54, 1.807) is 0 Å². The van der Waals surface area contributed by atoms with Crippen molar-refractivity contribution in [3.05, 3.63) is 24.0 Å². The van der Waals surface area contributed by atoms with E-state index >= 15 is 0 Å². The fraction of sp³-hybridized carbons (Fsp3) is 0.500. The largest absolute Gasteiger partial charge is 0.506 e. The number of rotatable bonds is 7. The van der Waals surface area contributed by atoms with Gasteiger partial charge in [-0.2, -0.15) is 0 Å². The number of pyridine rings is 1. The van der Waals surface area contributed by atoms with Crippen LogP contribution in [0.4, 0.5) is 0 Å². The summed E-state index contributed by atoms with van der Waals surface area (Å²) in [5.41, 5.74) is 0.361. The lowest BCUT2D eigenvalue weighted by Gasteiger charge is -2.05. The van der Waals surface area contributed by atoms with E-state index in [0.717, 1.165) is 19.4 Å². The van der Waals surface area contributed by atoms with Crippen molar-refractivity contribution >= 4 is 5.91 Å². The molecule has 1 rings (SSSR count). The van der Waals surface area contributed by atoms with E-state index < -0.39 is 0 Å². The zero-order chi connectivity index (χ0) is 12.5. The van der Waals surface area contributed by atoms with Crippen molar-refractivity contribution in [3.8, 4) is 5.75 Å². The first kappa shape index (κ1) is 13.4. The number of hydrogen-bond acceptors (Lipinski definition) is 4. The van der Waals surface area contributed by atoms with Crippen LogP contribution in [0.2, 0.25) is 0 Å². The number of nitrogens with one attached hydrogen (secondary N) is 1. The Morgan fingerprint density at radius 2 is 2.29 bits per heavy atom. The van der Waals surface area contributed by atoms with Crippen LogP contribution in [0.1, 0.15) is 30.1 Å². The summed E-state index contributed by atoms with van der Waals surface area (Å²) in [7, 11) is 0. The normalized spacial score (nSPS) is 10.2. The van der Waals surface area contributed by atoms with Crippen molar-refractivity contribution < 1.29 is 14.6 Å². The van der Waals surface area contributed by atoms with E-state index in [9.17, 15) is 4.79 Å². The third-order valence-electron chi connectivity index (χ3n) is 2.09. The zero-order valence-electron chi connectivity index (χ0n) is 9.98. The summed E-state index contributed by atoms with van der Waals surface area (Å²) in [4.78, 5) is 15.3. The molecule has 0 saturated heterocycles. The highest BCUT2D eigenvalue weighted by molar-refractivity contribution is 5.94. The van der Waals surface area contributed by atoms with E-state index in [-0.39, 0.29) is 11.7 Å². The van der Waals surface area contributed by atoms with Crippen molar-refractivity contribution in [2.75, 3.05) is 19.8 Å². The van der Waals surface area contributed by atoms with Gasteiger partial charge in [0.15, 0.2) is 0 Å². The van der Waals surface area contributed by atoms with Crippen LogP contribution in [0.25, 0.3) is 0 Å². The van der Waals surface area contributed by atoms with Gasteiger partial charge in [-0.3, -0.25) is 9.78 Å². The van der Waals surface area contributed by atoms with Gasteiger partial charge in [0, 0.05) is 26.0 Å². The van der Waals surface area contributed by atoms with Crippen LogP contribution < -0.4 is 5.32 Å². The molecule has 0 aliphatic rings. The molecular weight excluding hydrogens is 220 g/mol. The molecule has 0 saturated carbocycles. The zero-order valence-corrected chi connectivity index (χ0v) is 9.98. The van der Waals surface area contributed by atoms with Crippen LogP contribution in [-0.4, -0.2) is 35.8 Å². The summed E-state index contributed by atoms with van der Waals surface area (Å²) in [6, 6.07) is 1.38. The number of nitrogens with zero attached hydrogens (tertiary/aromatic N) is 1. The van der Waals surface area contributed by atoms with Gasteiger partial charge in [0.05, 0.1) is 11.8 Å². The summed E-state index contributed by atoms with van der Waals surface area (Å²) >= 11 is 0. The maximum atomic E-state index is 11.6. The lowest BCUT2D eigenvalue weighted by Crippen LogP contribution is -2.25. The minimum Gasteiger partial charge on any atom is -0.506 e. The number of aromatic hydroxyl groups is 1. The van der Waals surface area contributed by atoms with Gasteiger partial charge < -0.3 is 15.2 Å². The van der Waals surface area contributed by atoms with Crippen LogP contribution >= 0.6 is 0 Å². The summed E-state index contributed by atoms with van der Waals surface area (Å²) in [5, 5.41) is 11.9. The minimum atomic E-state index is -0.233. The second kappa shape index (κ2) is 7.62. The fourth-order valence-corrected chi connectivity index (χ4v) is 1.28. The molecule has 5 heteroatoms. The molecular formula is C12H18N2O3. The molecule has 5 nitrogen and oxygen atoms in total. The molecule has 1 aromatic rings. The average molecular weight is 238 g/mol. The molecule has 0 spiro atoms. The summed E-state index contributed by atoms with van der Waals surface area (Å²) < 4.78 is 5.29. The van der Waals surface area contributed by atoms with E-state index in [0.29, 0.717) is 18.7 Å². The third kappa shape index (κ3) is 5.31. The Kier molecular flexibility index (Phi) is 6.03. The Morgan fingerprint density at radius 3 is 3.00 bits per heavy atom. The summed E-state index contributed by atoms with van der Waals surface area (Å²) in [5.74, 6) is -0.243. The Hall–Kier alpha value is -1.62. The molecule has 0 fully saturated rings. The predicted octanol–water partition coefficient (Wildman–Crippen LogP) is 1.33. The van der Waals surface area contributed by atoms with Crippen LogP contribution in [0.5, 0.6) is 5.75 Å². The van der Waals surface area contributed by atoms with Gasteiger partial charge in [-0.25, -0.2) is 0 Å². The van der Waals surface area contributed by atoms with Crippen molar-refractivity contribution in [2.24, 2.45) is 0 Å². The van der Waals surface area contributed by atoms with Crippen molar-refractivity contribution in [1.82, 2.24) is 10.3 Å². The molecule has 0 atom stereocenters. The number of amides is 1.